The summed E-state index contributed by atoms with van der Waals surface area (Å²) in [4.78, 5) is 11.5. The first-order valence-corrected chi connectivity index (χ1v) is 5.28. The standard InChI is InChI=1S/C13H19NO.CH4/c1-13(2,3)10-14-12(15)9-11-7-5-4-6-8-11;/h4-8H,9-10H2,1-3H3,(H,14,15);1H4. The number of benzene rings is 1. The second-order valence-corrected chi connectivity index (χ2v) is 5.00. The smallest absolute Gasteiger partial charge is 0.224 e. The molecule has 0 fully saturated rings. The van der Waals surface area contributed by atoms with Gasteiger partial charge in [-0.1, -0.05) is 58.5 Å². The van der Waals surface area contributed by atoms with Crippen molar-refractivity contribution in [2.24, 2.45) is 5.41 Å². The third kappa shape index (κ3) is 6.23. The highest BCUT2D eigenvalue weighted by Crippen LogP contribution is 2.10. The molecule has 0 aliphatic heterocycles. The first-order valence-electron chi connectivity index (χ1n) is 5.28. The Labute approximate surface area is 99.1 Å². The van der Waals surface area contributed by atoms with Crippen LogP contribution in [0.4, 0.5) is 0 Å². The van der Waals surface area contributed by atoms with Crippen molar-refractivity contribution in [2.45, 2.75) is 34.6 Å². The molecule has 0 aromatic heterocycles. The minimum atomic E-state index is 0. The monoisotopic (exact) mass is 221 g/mol. The lowest BCUT2D eigenvalue weighted by Gasteiger charge is -2.18. The van der Waals surface area contributed by atoms with Gasteiger partial charge in [-0.25, -0.2) is 0 Å². The molecule has 0 aliphatic rings. The van der Waals surface area contributed by atoms with Gasteiger partial charge in [0.1, 0.15) is 0 Å². The molecule has 16 heavy (non-hydrogen) atoms. The molecule has 1 rings (SSSR count). The number of rotatable bonds is 3. The molecule has 1 aromatic carbocycles. The van der Waals surface area contributed by atoms with Gasteiger partial charge in [-0.15, -0.1) is 0 Å². The molecule has 2 heteroatoms. The average molecular weight is 221 g/mol. The van der Waals surface area contributed by atoms with Crippen LogP contribution in [-0.2, 0) is 11.2 Å². The van der Waals surface area contributed by atoms with Crippen LogP contribution < -0.4 is 5.32 Å². The Hall–Kier alpha value is -1.31. The Balaban J connectivity index is 0.00000225. The minimum absolute atomic E-state index is 0. The molecule has 0 atom stereocenters. The number of nitrogens with one attached hydrogen (secondary N) is 1. The van der Waals surface area contributed by atoms with E-state index in [9.17, 15) is 4.79 Å². The number of hydrogen-bond acceptors (Lipinski definition) is 1. The fourth-order valence-electron chi connectivity index (χ4n) is 1.21. The van der Waals surface area contributed by atoms with E-state index in [2.05, 4.69) is 26.1 Å². The van der Waals surface area contributed by atoms with E-state index in [4.69, 9.17) is 0 Å². The maximum atomic E-state index is 11.5. The van der Waals surface area contributed by atoms with Gasteiger partial charge in [0.2, 0.25) is 5.91 Å². The van der Waals surface area contributed by atoms with Gasteiger partial charge in [0.25, 0.3) is 0 Å². The summed E-state index contributed by atoms with van der Waals surface area (Å²) >= 11 is 0. The van der Waals surface area contributed by atoms with Gasteiger partial charge in [-0.2, -0.15) is 0 Å². The molecular weight excluding hydrogens is 198 g/mol. The normalized spacial score (nSPS) is 10.4. The van der Waals surface area contributed by atoms with Gasteiger partial charge < -0.3 is 5.32 Å². The maximum absolute atomic E-state index is 11.5. The molecule has 0 aliphatic carbocycles. The fraction of sp³-hybridized carbons (Fsp3) is 0.500. The van der Waals surface area contributed by atoms with Gasteiger partial charge in [0.15, 0.2) is 0 Å². The summed E-state index contributed by atoms with van der Waals surface area (Å²) in [6.45, 7) is 7.04. The Morgan fingerprint density at radius 3 is 2.25 bits per heavy atom. The molecule has 1 N–H and O–H groups in total. The number of carbonyl (C=O) groups is 1. The fourth-order valence-corrected chi connectivity index (χ4v) is 1.21. The van der Waals surface area contributed by atoms with E-state index in [1.807, 2.05) is 30.3 Å². The van der Waals surface area contributed by atoms with Crippen LogP contribution in [0.2, 0.25) is 0 Å². The second kappa shape index (κ2) is 6.31. The Bertz CT molecular complexity index is 311. The molecule has 0 heterocycles. The van der Waals surface area contributed by atoms with E-state index < -0.39 is 0 Å². The van der Waals surface area contributed by atoms with Gasteiger partial charge in [0.05, 0.1) is 6.42 Å². The van der Waals surface area contributed by atoms with Crippen LogP contribution in [0.15, 0.2) is 30.3 Å². The van der Waals surface area contributed by atoms with Crippen molar-refractivity contribution >= 4 is 5.91 Å². The lowest BCUT2D eigenvalue weighted by atomic mass is 9.97. The molecule has 0 radical (unpaired) electrons. The van der Waals surface area contributed by atoms with Crippen molar-refractivity contribution in [2.75, 3.05) is 6.54 Å². The van der Waals surface area contributed by atoms with E-state index in [-0.39, 0.29) is 18.7 Å². The van der Waals surface area contributed by atoms with Crippen molar-refractivity contribution in [3.63, 3.8) is 0 Å². The van der Waals surface area contributed by atoms with Crippen LogP contribution in [0.1, 0.15) is 33.8 Å². The van der Waals surface area contributed by atoms with E-state index in [0.29, 0.717) is 6.42 Å². The van der Waals surface area contributed by atoms with Crippen molar-refractivity contribution in [3.8, 4) is 0 Å². The lowest BCUT2D eigenvalue weighted by molar-refractivity contribution is -0.120. The van der Waals surface area contributed by atoms with Crippen LogP contribution in [0.25, 0.3) is 0 Å². The summed E-state index contributed by atoms with van der Waals surface area (Å²) < 4.78 is 0. The first kappa shape index (κ1) is 14.7. The van der Waals surface area contributed by atoms with Crippen molar-refractivity contribution in [1.29, 1.82) is 0 Å². The molecule has 90 valence electrons. The highest BCUT2D eigenvalue weighted by molar-refractivity contribution is 5.78. The van der Waals surface area contributed by atoms with Gasteiger partial charge in [0, 0.05) is 6.54 Å². The van der Waals surface area contributed by atoms with E-state index in [1.165, 1.54) is 0 Å². The molecular formula is C14H23NO. The molecule has 0 saturated carbocycles. The lowest BCUT2D eigenvalue weighted by Crippen LogP contribution is -2.33. The quantitative estimate of drug-likeness (QED) is 0.835. The third-order valence-electron chi connectivity index (χ3n) is 2.02. The van der Waals surface area contributed by atoms with E-state index >= 15 is 0 Å². The molecule has 0 saturated heterocycles. The van der Waals surface area contributed by atoms with Crippen LogP contribution >= 0.6 is 0 Å². The number of amides is 1. The summed E-state index contributed by atoms with van der Waals surface area (Å²) in [6.07, 6.45) is 0.469. The predicted octanol–water partition coefficient (Wildman–Crippen LogP) is 3.03. The predicted molar refractivity (Wildman–Crippen MR) is 69.3 cm³/mol. The Kier molecular flexibility index (Phi) is 5.79. The zero-order chi connectivity index (χ0) is 11.3. The van der Waals surface area contributed by atoms with Crippen molar-refractivity contribution < 1.29 is 4.79 Å². The molecule has 2 nitrogen and oxygen atoms in total. The highest BCUT2D eigenvalue weighted by atomic mass is 16.1. The van der Waals surface area contributed by atoms with Gasteiger partial charge in [-0.3, -0.25) is 4.79 Å². The SMILES string of the molecule is C.CC(C)(C)CNC(=O)Cc1ccccc1. The highest BCUT2D eigenvalue weighted by Gasteiger charge is 2.11. The van der Waals surface area contributed by atoms with Crippen molar-refractivity contribution in [1.82, 2.24) is 5.32 Å². The summed E-state index contributed by atoms with van der Waals surface area (Å²) in [7, 11) is 0. The van der Waals surface area contributed by atoms with E-state index in [0.717, 1.165) is 12.1 Å². The molecule has 0 unspecified atom stereocenters. The maximum Gasteiger partial charge on any atom is 0.224 e. The summed E-state index contributed by atoms with van der Waals surface area (Å²) in [5.74, 6) is 0.0936. The molecule has 1 amide bonds. The van der Waals surface area contributed by atoms with Crippen LogP contribution in [0.5, 0.6) is 0 Å². The van der Waals surface area contributed by atoms with Crippen LogP contribution in [-0.4, -0.2) is 12.5 Å². The third-order valence-corrected chi connectivity index (χ3v) is 2.02. The first-order chi connectivity index (χ1) is 6.97. The second-order valence-electron chi connectivity index (χ2n) is 5.00. The zero-order valence-electron chi connectivity index (χ0n) is 9.71. The van der Waals surface area contributed by atoms with E-state index in [1.54, 1.807) is 0 Å². The summed E-state index contributed by atoms with van der Waals surface area (Å²) in [5, 5.41) is 2.93. The summed E-state index contributed by atoms with van der Waals surface area (Å²) in [6, 6.07) is 9.79. The van der Waals surface area contributed by atoms with Gasteiger partial charge >= 0.3 is 0 Å². The molecule has 0 spiro atoms. The zero-order valence-corrected chi connectivity index (χ0v) is 9.71. The van der Waals surface area contributed by atoms with Gasteiger partial charge in [-0.05, 0) is 11.0 Å². The van der Waals surface area contributed by atoms with Crippen LogP contribution in [0.3, 0.4) is 0 Å². The Morgan fingerprint density at radius 1 is 1.19 bits per heavy atom. The molecule has 0 bridgehead atoms. The largest absolute Gasteiger partial charge is 0.355 e. The summed E-state index contributed by atoms with van der Waals surface area (Å²) in [5.41, 5.74) is 1.20. The average Bonchev–Trinajstić information content (AvgIpc) is 2.15. The van der Waals surface area contributed by atoms with Crippen molar-refractivity contribution in [3.05, 3.63) is 35.9 Å². The molecule has 1 aromatic rings. The number of hydrogen-bond donors (Lipinski definition) is 1. The van der Waals surface area contributed by atoms with Crippen LogP contribution in [0, 0.1) is 5.41 Å². The topological polar surface area (TPSA) is 29.1 Å². The minimum Gasteiger partial charge on any atom is -0.355 e. The Morgan fingerprint density at radius 2 is 1.75 bits per heavy atom. The number of carbonyl (C=O) groups excluding carboxylic acids is 1.